The van der Waals surface area contributed by atoms with E-state index >= 15 is 0 Å². The molecule has 1 unspecified atom stereocenters. The first-order valence-corrected chi connectivity index (χ1v) is 11.0. The van der Waals surface area contributed by atoms with E-state index in [1.165, 1.54) is 0 Å². The lowest BCUT2D eigenvalue weighted by Crippen LogP contribution is -2.28. The van der Waals surface area contributed by atoms with Crippen LogP contribution >= 0.6 is 7.82 Å². The monoisotopic (exact) mass is 395 g/mol. The molecule has 2 atom stereocenters. The lowest BCUT2D eigenvalue weighted by Gasteiger charge is -2.25. The van der Waals surface area contributed by atoms with E-state index in [0.717, 1.165) is 44.8 Å². The van der Waals surface area contributed by atoms with Gasteiger partial charge in [-0.25, -0.2) is 0 Å². The normalized spacial score (nSPS) is 15.9. The summed E-state index contributed by atoms with van der Waals surface area (Å²) in [6.07, 6.45) is 8.63. The van der Waals surface area contributed by atoms with Crippen molar-refractivity contribution in [2.24, 2.45) is 0 Å². The molecule has 0 rings (SSSR count). The molecule has 0 aliphatic rings. The van der Waals surface area contributed by atoms with Crippen LogP contribution in [0.25, 0.3) is 0 Å². The predicted octanol–water partition coefficient (Wildman–Crippen LogP) is 3.45. The summed E-state index contributed by atoms with van der Waals surface area (Å²) < 4.78 is 33.3. The molecule has 0 N–H and O–H groups in total. The Morgan fingerprint density at radius 1 is 1.00 bits per heavy atom. The van der Waals surface area contributed by atoms with Gasteiger partial charge in [0.15, 0.2) is 0 Å². The average molecular weight is 395 g/mol. The molecule has 0 radical (unpaired) electrons. The minimum absolute atomic E-state index is 0.112. The Labute approximate surface area is 159 Å². The number of rotatable bonds is 17. The third kappa shape index (κ3) is 17.0. The maximum absolute atomic E-state index is 11.8. The first kappa shape index (κ1) is 25.6. The topological polar surface area (TPSA) is 77.1 Å². The Morgan fingerprint density at radius 2 is 1.62 bits per heavy atom. The second-order valence-corrected chi connectivity index (χ2v) is 8.60. The van der Waals surface area contributed by atoms with Crippen LogP contribution in [-0.2, 0) is 23.1 Å². The molecule has 7 nitrogen and oxygen atoms in total. The van der Waals surface area contributed by atoms with Gasteiger partial charge in [0.25, 0.3) is 0 Å². The number of ether oxygens (including phenoxy) is 2. The molecule has 8 heteroatoms. The van der Waals surface area contributed by atoms with Gasteiger partial charge in [0.05, 0.1) is 34.4 Å². The van der Waals surface area contributed by atoms with E-state index in [4.69, 9.17) is 18.5 Å². The maximum Gasteiger partial charge on any atom is 0.319 e. The Hall–Kier alpha value is -0.430. The standard InChI is InChI=1S/C18H38NO6P/c1-6-8-10-13-22-16-18(23-14-11-9-7-2)17-25-26(20,21)24-15-12-19(3,4)5/h12,15,18H,6-11,13-14,16-17H2,1-5H3/t18-/m1/s1. The fourth-order valence-corrected chi connectivity index (χ4v) is 2.52. The molecular formula is C18H38NO6P. The zero-order valence-electron chi connectivity index (χ0n) is 17.1. The smallest absolute Gasteiger partial charge is 0.319 e. The van der Waals surface area contributed by atoms with Gasteiger partial charge < -0.3 is 27.9 Å². The van der Waals surface area contributed by atoms with Crippen molar-refractivity contribution in [3.63, 3.8) is 0 Å². The summed E-state index contributed by atoms with van der Waals surface area (Å²) in [7, 11) is 1.23. The van der Waals surface area contributed by atoms with Crippen molar-refractivity contribution >= 4 is 7.82 Å². The fourth-order valence-electron chi connectivity index (χ4n) is 1.90. The molecule has 0 fully saturated rings. The second-order valence-electron chi connectivity index (χ2n) is 7.23. The molecule has 0 aromatic rings. The average Bonchev–Trinajstić information content (AvgIpc) is 2.54. The summed E-state index contributed by atoms with van der Waals surface area (Å²) in [6.45, 7) is 5.65. The Balaban J connectivity index is 4.34. The zero-order chi connectivity index (χ0) is 19.9. The molecule has 0 aliphatic heterocycles. The van der Waals surface area contributed by atoms with Crippen LogP contribution in [0.2, 0.25) is 0 Å². The van der Waals surface area contributed by atoms with Crippen LogP contribution in [0.15, 0.2) is 12.5 Å². The first-order chi connectivity index (χ1) is 12.2. The van der Waals surface area contributed by atoms with Crippen LogP contribution in [0.3, 0.4) is 0 Å². The minimum atomic E-state index is -4.41. The quantitative estimate of drug-likeness (QED) is 0.162. The minimum Gasteiger partial charge on any atom is -0.746 e. The summed E-state index contributed by atoms with van der Waals surface area (Å²) in [4.78, 5) is 11.8. The molecule has 26 heavy (non-hydrogen) atoms. The highest BCUT2D eigenvalue weighted by Crippen LogP contribution is 2.38. The van der Waals surface area contributed by atoms with Crippen molar-refractivity contribution < 1.29 is 32.5 Å². The number of phosphoric acid groups is 1. The number of unbranched alkanes of at least 4 members (excludes halogenated alkanes) is 4. The molecule has 0 saturated heterocycles. The van der Waals surface area contributed by atoms with Gasteiger partial charge in [0, 0.05) is 13.2 Å². The van der Waals surface area contributed by atoms with E-state index in [1.54, 1.807) is 6.20 Å². The number of quaternary nitrogens is 1. The van der Waals surface area contributed by atoms with Gasteiger partial charge in [-0.15, -0.1) is 0 Å². The fraction of sp³-hybridized carbons (Fsp3) is 0.889. The highest BCUT2D eigenvalue weighted by atomic mass is 31.2. The van der Waals surface area contributed by atoms with Crippen LogP contribution in [-0.4, -0.2) is 58.2 Å². The molecule has 0 spiro atoms. The number of hydrogen-bond donors (Lipinski definition) is 0. The Bertz CT molecular complexity index is 411. The summed E-state index contributed by atoms with van der Waals surface area (Å²) in [5.41, 5.74) is 0. The molecule has 0 amide bonds. The molecule has 0 heterocycles. The summed E-state index contributed by atoms with van der Waals surface area (Å²) in [6, 6.07) is 0. The summed E-state index contributed by atoms with van der Waals surface area (Å²) in [5, 5.41) is 0. The largest absolute Gasteiger partial charge is 0.746 e. The van der Waals surface area contributed by atoms with E-state index in [0.29, 0.717) is 24.3 Å². The van der Waals surface area contributed by atoms with Crippen LogP contribution in [0, 0.1) is 0 Å². The predicted molar refractivity (Wildman–Crippen MR) is 101 cm³/mol. The maximum atomic E-state index is 11.8. The van der Waals surface area contributed by atoms with Crippen molar-refractivity contribution in [2.45, 2.75) is 58.5 Å². The van der Waals surface area contributed by atoms with E-state index in [9.17, 15) is 9.46 Å². The first-order valence-electron chi connectivity index (χ1n) is 9.52. The van der Waals surface area contributed by atoms with E-state index in [1.807, 2.05) is 21.1 Å². The van der Waals surface area contributed by atoms with E-state index < -0.39 is 13.9 Å². The van der Waals surface area contributed by atoms with Gasteiger partial charge >= 0.3 is 7.82 Å². The van der Waals surface area contributed by atoms with Crippen molar-refractivity contribution in [3.8, 4) is 0 Å². The second kappa shape index (κ2) is 14.6. The molecule has 0 aromatic heterocycles. The third-order valence-corrected chi connectivity index (χ3v) is 4.26. The van der Waals surface area contributed by atoms with Crippen LogP contribution in [0.1, 0.15) is 52.4 Å². The third-order valence-electron chi connectivity index (χ3n) is 3.41. The van der Waals surface area contributed by atoms with Crippen molar-refractivity contribution in [3.05, 3.63) is 12.5 Å². The molecule has 156 valence electrons. The van der Waals surface area contributed by atoms with E-state index in [-0.39, 0.29) is 6.61 Å². The molecule has 0 aliphatic carbocycles. The van der Waals surface area contributed by atoms with Crippen LogP contribution in [0.4, 0.5) is 0 Å². The van der Waals surface area contributed by atoms with Gasteiger partial charge in [-0.1, -0.05) is 39.5 Å². The number of phosphoric ester groups is 1. The van der Waals surface area contributed by atoms with Gasteiger partial charge in [-0.05, 0) is 12.8 Å². The van der Waals surface area contributed by atoms with Crippen molar-refractivity contribution in [1.82, 2.24) is 0 Å². The SMILES string of the molecule is CCCCCOC[C@H](COP(=O)([O-])OC=C[N+](C)(C)C)OCCCCC. The number of nitrogens with zero attached hydrogens (tertiary/aromatic N) is 1. The van der Waals surface area contributed by atoms with Crippen LogP contribution in [0.5, 0.6) is 0 Å². The summed E-state index contributed by atoms with van der Waals surface area (Å²) in [5.74, 6) is 0. The molecule has 0 bridgehead atoms. The molecule has 0 saturated carbocycles. The summed E-state index contributed by atoms with van der Waals surface area (Å²) >= 11 is 0. The molecule has 0 aromatic carbocycles. The lowest BCUT2D eigenvalue weighted by atomic mass is 10.2. The highest BCUT2D eigenvalue weighted by molar-refractivity contribution is 7.45. The van der Waals surface area contributed by atoms with Gasteiger partial charge in [-0.3, -0.25) is 4.57 Å². The number of hydrogen-bond acceptors (Lipinski definition) is 6. The van der Waals surface area contributed by atoms with Gasteiger partial charge in [0.1, 0.15) is 18.6 Å². The van der Waals surface area contributed by atoms with Gasteiger partial charge in [-0.2, -0.15) is 0 Å². The Kier molecular flexibility index (Phi) is 14.4. The molecular weight excluding hydrogens is 357 g/mol. The van der Waals surface area contributed by atoms with Crippen LogP contribution < -0.4 is 4.89 Å². The van der Waals surface area contributed by atoms with Crippen molar-refractivity contribution in [1.29, 1.82) is 0 Å². The van der Waals surface area contributed by atoms with Crippen molar-refractivity contribution in [2.75, 3.05) is 47.6 Å². The highest BCUT2D eigenvalue weighted by Gasteiger charge is 2.16. The van der Waals surface area contributed by atoms with Gasteiger partial charge in [0.2, 0.25) is 0 Å². The lowest BCUT2D eigenvalue weighted by molar-refractivity contribution is -0.817. The van der Waals surface area contributed by atoms with E-state index in [2.05, 4.69) is 13.8 Å². The zero-order valence-corrected chi connectivity index (χ0v) is 18.0. The Morgan fingerprint density at radius 3 is 2.19 bits per heavy atom.